The van der Waals surface area contributed by atoms with E-state index < -0.39 is 18.0 Å². The van der Waals surface area contributed by atoms with Gasteiger partial charge in [0.05, 0.1) is 64.4 Å². The van der Waals surface area contributed by atoms with Gasteiger partial charge >= 0.3 is 0 Å². The molecule has 0 bridgehead atoms. The van der Waals surface area contributed by atoms with Crippen LogP contribution in [0.5, 0.6) is 5.75 Å². The zero-order valence-electron chi connectivity index (χ0n) is 42.9. The average Bonchev–Trinajstić information content (AvgIpc) is 3.87. The van der Waals surface area contributed by atoms with Crippen LogP contribution in [-0.2, 0) is 43.0 Å². The molecular formula is C50H86N8O11. The lowest BCUT2D eigenvalue weighted by Gasteiger charge is -2.26. The topological polar surface area (TPSA) is 259 Å². The smallest absolute Gasteiger partial charge is 0.243 e. The van der Waals surface area contributed by atoms with Gasteiger partial charge in [-0.25, -0.2) is 0 Å². The molecule has 69 heavy (non-hydrogen) atoms. The maximum atomic E-state index is 13.3. The first-order valence-corrected chi connectivity index (χ1v) is 24.6. The first-order valence-electron chi connectivity index (χ1n) is 24.6. The average molecular weight is 975 g/mol. The van der Waals surface area contributed by atoms with Crippen LogP contribution in [0.1, 0.15) is 123 Å². The molecule has 392 valence electrons. The van der Waals surface area contributed by atoms with Crippen molar-refractivity contribution >= 4 is 53.0 Å². The Bertz CT molecular complexity index is 1740. The fourth-order valence-corrected chi connectivity index (χ4v) is 6.63. The normalized spacial score (nSPS) is 12.6. The number of unbranched alkanes of at least 4 members (excludes halogenated alkanes) is 2. The number of hydrogen-bond acceptors (Lipinski definition) is 14. The third kappa shape index (κ3) is 32.4. The van der Waals surface area contributed by atoms with Crippen LogP contribution in [0.3, 0.4) is 0 Å². The van der Waals surface area contributed by atoms with Gasteiger partial charge < -0.3 is 56.2 Å². The first kappa shape index (κ1) is 63.9. The molecule has 1 aromatic carbocycles. The zero-order chi connectivity index (χ0) is 51.7. The lowest BCUT2D eigenvalue weighted by atomic mass is 9.86. The number of likely N-dealkylation sites (tertiary alicyclic amines) is 1. The fraction of sp³-hybridized carbons (Fsp3) is 0.680. The number of amides is 5. The molecular weight excluding hydrogens is 889 g/mol. The first-order chi connectivity index (χ1) is 33.2. The van der Waals surface area contributed by atoms with E-state index in [1.165, 1.54) is 19.8 Å². The maximum absolute atomic E-state index is 13.3. The van der Waals surface area contributed by atoms with Crippen molar-refractivity contribution in [1.29, 1.82) is 0 Å². The van der Waals surface area contributed by atoms with Crippen LogP contribution < -0.4 is 37.1 Å². The second-order valence-electron chi connectivity index (χ2n) is 17.1. The number of fused-ring (bicyclic) bond motifs is 1. The van der Waals surface area contributed by atoms with E-state index in [-0.39, 0.29) is 41.9 Å². The van der Waals surface area contributed by atoms with E-state index in [0.717, 1.165) is 36.0 Å². The number of nitrogens with two attached hydrogens (primary N) is 1. The molecule has 1 fully saturated rings. The van der Waals surface area contributed by atoms with Gasteiger partial charge in [-0.2, -0.15) is 0 Å². The van der Waals surface area contributed by atoms with Gasteiger partial charge in [0.1, 0.15) is 11.8 Å². The van der Waals surface area contributed by atoms with Crippen molar-refractivity contribution in [3.63, 3.8) is 0 Å². The predicted octanol–water partition coefficient (Wildman–Crippen LogP) is 3.88. The molecule has 7 N–H and O–H groups in total. The summed E-state index contributed by atoms with van der Waals surface area (Å²) in [7, 11) is 1.80. The number of carbonyl (C=O) groups is 7. The van der Waals surface area contributed by atoms with Crippen LogP contribution in [-0.4, -0.2) is 157 Å². The molecule has 19 nitrogen and oxygen atoms in total. The molecule has 2 atom stereocenters. The number of carbonyl (C=O) groups excluding carboxylic acids is 7. The molecule has 1 saturated heterocycles. The molecule has 1 aromatic heterocycles. The van der Waals surface area contributed by atoms with Crippen molar-refractivity contribution in [2.45, 2.75) is 125 Å². The van der Waals surface area contributed by atoms with Crippen LogP contribution in [0.25, 0.3) is 10.9 Å². The Kier molecular flexibility index (Phi) is 37.8. The lowest BCUT2D eigenvalue weighted by molar-refractivity contribution is -0.132. The molecule has 1 unspecified atom stereocenters. The van der Waals surface area contributed by atoms with Crippen molar-refractivity contribution in [3.05, 3.63) is 36.0 Å². The second-order valence-corrected chi connectivity index (χ2v) is 17.1. The van der Waals surface area contributed by atoms with E-state index >= 15 is 0 Å². The van der Waals surface area contributed by atoms with Crippen LogP contribution in [0.4, 0.5) is 0 Å². The van der Waals surface area contributed by atoms with E-state index in [2.05, 4.69) is 31.6 Å². The van der Waals surface area contributed by atoms with Gasteiger partial charge in [-0.15, -0.1) is 0 Å². The van der Waals surface area contributed by atoms with Crippen molar-refractivity contribution in [2.24, 2.45) is 11.1 Å². The number of nitrogens with zero attached hydrogens (tertiary/aromatic N) is 2. The largest absolute Gasteiger partial charge is 0.494 e. The van der Waals surface area contributed by atoms with Gasteiger partial charge in [-0.3, -0.25) is 38.5 Å². The molecule has 0 spiro atoms. The molecule has 1 aliphatic rings. The minimum Gasteiger partial charge on any atom is -0.494 e. The minimum atomic E-state index is -0.793. The maximum Gasteiger partial charge on any atom is 0.243 e. The molecule has 1 aliphatic heterocycles. The quantitative estimate of drug-likeness (QED) is 0.0450. The number of ether oxygens (including phenoxy) is 4. The Morgan fingerprint density at radius 1 is 0.841 bits per heavy atom. The number of nitrogens with one attached hydrogen (secondary N) is 5. The highest BCUT2D eigenvalue weighted by Gasteiger charge is 2.28. The van der Waals surface area contributed by atoms with E-state index in [1.807, 2.05) is 64.6 Å². The van der Waals surface area contributed by atoms with E-state index in [9.17, 15) is 33.6 Å². The number of ketones is 1. The van der Waals surface area contributed by atoms with Crippen LogP contribution in [0.2, 0.25) is 0 Å². The third-order valence-corrected chi connectivity index (χ3v) is 9.97. The number of aromatic nitrogens is 1. The van der Waals surface area contributed by atoms with Crippen molar-refractivity contribution in [2.75, 3.05) is 92.6 Å². The Labute approximate surface area is 411 Å². The van der Waals surface area contributed by atoms with Gasteiger partial charge in [-0.05, 0) is 95.5 Å². The summed E-state index contributed by atoms with van der Waals surface area (Å²) in [5.41, 5.74) is 6.82. The number of aldehydes is 1. The van der Waals surface area contributed by atoms with E-state index in [4.69, 9.17) is 24.7 Å². The number of benzene rings is 1. The van der Waals surface area contributed by atoms with Crippen molar-refractivity contribution < 1.29 is 52.5 Å². The molecule has 5 amide bonds. The van der Waals surface area contributed by atoms with Crippen LogP contribution in [0, 0.1) is 5.41 Å². The van der Waals surface area contributed by atoms with E-state index in [1.54, 1.807) is 19.3 Å². The highest BCUT2D eigenvalue weighted by Crippen LogP contribution is 2.22. The van der Waals surface area contributed by atoms with E-state index in [0.29, 0.717) is 123 Å². The third-order valence-electron chi connectivity index (χ3n) is 9.97. The number of hydrogen-bond donors (Lipinski definition) is 6. The van der Waals surface area contributed by atoms with Gasteiger partial charge in [0.2, 0.25) is 30.0 Å². The number of rotatable bonds is 32. The second kappa shape index (κ2) is 40.8. The standard InChI is InChI=1S/C29H55N5O8.C12H11NO2.C7H14N2O.C2H6/c1-23(36)32-13-8-6-9-24(26(37)21-29(2,3)4)34-28(39)25(10-5-7-12-30)33-27(38)11-15-40-17-19-42-20-18-41-16-14-31-22-35;1-2-15-10-3-4-11-9(8-14)5-6-13-12(11)7-10;1-8-6-7(10)9-4-2-3-5-9;1-2/h22,24-25H,5-21,30H2,1-4H3,(H,31,35)(H,32,36)(H,33,38)(H,34,39);3-8H,2H2,1H3;8H,2-6H2,1H3;1-2H3/t24?,25-;;;/m0.../s1. The monoisotopic (exact) mass is 975 g/mol. The molecule has 0 saturated carbocycles. The highest BCUT2D eigenvalue weighted by molar-refractivity contribution is 5.96. The Hall–Kier alpha value is -5.08. The Morgan fingerprint density at radius 3 is 2.07 bits per heavy atom. The summed E-state index contributed by atoms with van der Waals surface area (Å²) >= 11 is 0. The molecule has 2 heterocycles. The molecule has 19 heteroatoms. The molecule has 2 aromatic rings. The Balaban J connectivity index is 0.00000136. The van der Waals surface area contributed by atoms with Crippen LogP contribution in [0.15, 0.2) is 30.5 Å². The zero-order valence-corrected chi connectivity index (χ0v) is 42.9. The lowest BCUT2D eigenvalue weighted by Crippen LogP contribution is -2.52. The van der Waals surface area contributed by atoms with Crippen molar-refractivity contribution in [1.82, 2.24) is 36.5 Å². The van der Waals surface area contributed by atoms with Gasteiger partial charge in [0.15, 0.2) is 12.1 Å². The summed E-state index contributed by atoms with van der Waals surface area (Å²) in [5, 5.41) is 14.6. The van der Waals surface area contributed by atoms with Crippen LogP contribution >= 0.6 is 0 Å². The van der Waals surface area contributed by atoms with Crippen molar-refractivity contribution in [3.8, 4) is 5.75 Å². The summed E-state index contributed by atoms with van der Waals surface area (Å²) in [6.45, 7) is 19.8. The summed E-state index contributed by atoms with van der Waals surface area (Å²) in [6, 6.07) is 5.78. The van der Waals surface area contributed by atoms with Gasteiger partial charge in [0, 0.05) is 69.2 Å². The summed E-state index contributed by atoms with van der Waals surface area (Å²) in [4.78, 5) is 88.2. The van der Waals surface area contributed by atoms with Gasteiger partial charge in [-0.1, -0.05) is 34.6 Å². The molecule has 3 rings (SSSR count). The highest BCUT2D eigenvalue weighted by atomic mass is 16.5. The number of likely N-dealkylation sites (N-methyl/N-ethyl adjacent to an activating group) is 1. The summed E-state index contributed by atoms with van der Waals surface area (Å²) < 4.78 is 21.5. The molecule has 0 aliphatic carbocycles. The summed E-state index contributed by atoms with van der Waals surface area (Å²) in [5.74, 6) is 0.128. The minimum absolute atomic E-state index is 0.0560. The molecule has 0 radical (unpaired) electrons. The SMILES string of the molecule is CC.CC(=O)NCCCCC(NC(=O)[C@H](CCCCN)NC(=O)CCOCCOCCOCCNC=O)C(=O)CC(C)(C)C.CCOc1ccc2c(C=O)ccnc2c1.CNCC(=O)N1CCCC1. The number of pyridine rings is 1. The Morgan fingerprint density at radius 2 is 1.48 bits per heavy atom. The predicted molar refractivity (Wildman–Crippen MR) is 269 cm³/mol. The summed E-state index contributed by atoms with van der Waals surface area (Å²) in [6.07, 6.45) is 9.35. The van der Waals surface area contributed by atoms with Gasteiger partial charge in [0.25, 0.3) is 0 Å². The number of Topliss-reactive ketones (excluding diaryl/α,β-unsaturated/α-hetero) is 1. The fourth-order valence-electron chi connectivity index (χ4n) is 6.63.